The van der Waals surface area contributed by atoms with Crippen LogP contribution in [0.2, 0.25) is 0 Å². The monoisotopic (exact) mass is 335 g/mol. The van der Waals surface area contributed by atoms with E-state index in [0.717, 1.165) is 13.1 Å². The van der Waals surface area contributed by atoms with Crippen molar-refractivity contribution in [3.05, 3.63) is 53.9 Å². The maximum absolute atomic E-state index is 12.2. The number of para-hydroxylation sites is 1. The minimum absolute atomic E-state index is 0.00780. The molecule has 7 nitrogen and oxygen atoms in total. The smallest absolute Gasteiger partial charge is 0.266 e. The van der Waals surface area contributed by atoms with E-state index >= 15 is 0 Å². The highest BCUT2D eigenvalue weighted by Crippen LogP contribution is 2.13. The second kappa shape index (κ2) is 8.04. The highest BCUT2D eigenvalue weighted by molar-refractivity contribution is 6.09. The Morgan fingerprint density at radius 1 is 1.20 bits per heavy atom. The normalized spacial score (nSPS) is 14.7. The molecule has 2 heterocycles. The number of hydrogen-bond acceptors (Lipinski definition) is 6. The van der Waals surface area contributed by atoms with Crippen molar-refractivity contribution in [3.63, 3.8) is 0 Å². The van der Waals surface area contributed by atoms with Gasteiger partial charge in [-0.3, -0.25) is 4.79 Å². The van der Waals surface area contributed by atoms with Gasteiger partial charge < -0.3 is 15.0 Å². The first-order chi connectivity index (χ1) is 12.3. The lowest BCUT2D eigenvalue weighted by molar-refractivity contribution is -0.112. The number of benzene rings is 1. The average molecular weight is 335 g/mol. The fourth-order valence-corrected chi connectivity index (χ4v) is 2.37. The second-order valence-corrected chi connectivity index (χ2v) is 5.41. The molecule has 0 aliphatic carbocycles. The number of hydrogen-bond donors (Lipinski definition) is 1. The SMILES string of the molecule is N#CC(=Cc1cnc(N2CCOCC2)nc1)C(=O)Nc1ccccc1. The zero-order valence-corrected chi connectivity index (χ0v) is 13.6. The summed E-state index contributed by atoms with van der Waals surface area (Å²) in [5.74, 6) is 0.152. The molecule has 0 atom stereocenters. The van der Waals surface area contributed by atoms with Crippen LogP contribution >= 0.6 is 0 Å². The molecule has 3 rings (SSSR count). The van der Waals surface area contributed by atoms with Crippen LogP contribution < -0.4 is 10.2 Å². The molecule has 0 radical (unpaired) electrons. The lowest BCUT2D eigenvalue weighted by Gasteiger charge is -2.26. The summed E-state index contributed by atoms with van der Waals surface area (Å²) in [5.41, 5.74) is 1.22. The Balaban J connectivity index is 1.71. The van der Waals surface area contributed by atoms with Crippen LogP contribution in [0.1, 0.15) is 5.56 Å². The third-order valence-corrected chi connectivity index (χ3v) is 3.66. The standard InChI is InChI=1S/C18H17N5O2/c19-11-15(17(24)22-16-4-2-1-3-5-16)10-14-12-20-18(21-13-14)23-6-8-25-9-7-23/h1-5,10,12-13H,6-9H2,(H,22,24). The quantitative estimate of drug-likeness (QED) is 0.677. The Morgan fingerprint density at radius 2 is 1.88 bits per heavy atom. The van der Waals surface area contributed by atoms with Crippen LogP contribution in [0.15, 0.2) is 48.3 Å². The first-order valence-corrected chi connectivity index (χ1v) is 7.89. The maximum Gasteiger partial charge on any atom is 0.266 e. The van der Waals surface area contributed by atoms with Gasteiger partial charge >= 0.3 is 0 Å². The molecule has 1 saturated heterocycles. The fourth-order valence-electron chi connectivity index (χ4n) is 2.37. The molecule has 25 heavy (non-hydrogen) atoms. The van der Waals surface area contributed by atoms with Crippen molar-refractivity contribution in [1.29, 1.82) is 5.26 Å². The van der Waals surface area contributed by atoms with E-state index < -0.39 is 5.91 Å². The Kier molecular flexibility index (Phi) is 5.34. The third-order valence-electron chi connectivity index (χ3n) is 3.66. The molecule has 0 spiro atoms. The van der Waals surface area contributed by atoms with E-state index in [2.05, 4.69) is 15.3 Å². The zero-order chi connectivity index (χ0) is 17.5. The summed E-state index contributed by atoms with van der Waals surface area (Å²) in [7, 11) is 0. The van der Waals surface area contributed by atoms with E-state index in [1.165, 1.54) is 6.08 Å². The molecule has 1 aromatic heterocycles. The van der Waals surface area contributed by atoms with Gasteiger partial charge in [0.1, 0.15) is 11.6 Å². The van der Waals surface area contributed by atoms with Gasteiger partial charge in [-0.2, -0.15) is 5.26 Å². The molecule has 2 aromatic rings. The van der Waals surface area contributed by atoms with Gasteiger partial charge in [0, 0.05) is 36.7 Å². The lowest BCUT2D eigenvalue weighted by Crippen LogP contribution is -2.37. The molecule has 1 aliphatic rings. The van der Waals surface area contributed by atoms with E-state index in [0.29, 0.717) is 30.4 Å². The summed E-state index contributed by atoms with van der Waals surface area (Å²) in [4.78, 5) is 22.8. The largest absolute Gasteiger partial charge is 0.378 e. The lowest BCUT2D eigenvalue weighted by atomic mass is 10.2. The van der Waals surface area contributed by atoms with E-state index in [4.69, 9.17) is 4.74 Å². The molecule has 1 N–H and O–H groups in total. The van der Waals surface area contributed by atoms with Gasteiger partial charge in [0.05, 0.1) is 13.2 Å². The van der Waals surface area contributed by atoms with Crippen molar-refractivity contribution in [2.24, 2.45) is 0 Å². The molecule has 1 amide bonds. The Bertz CT molecular complexity index is 790. The molecule has 126 valence electrons. The number of rotatable bonds is 4. The molecule has 0 bridgehead atoms. The first kappa shape index (κ1) is 16.6. The number of nitriles is 1. The number of nitrogens with zero attached hydrogens (tertiary/aromatic N) is 4. The molecular formula is C18H17N5O2. The Morgan fingerprint density at radius 3 is 2.52 bits per heavy atom. The molecule has 0 saturated carbocycles. The van der Waals surface area contributed by atoms with Gasteiger partial charge in [0.15, 0.2) is 0 Å². The molecule has 1 aliphatic heterocycles. The van der Waals surface area contributed by atoms with Gasteiger partial charge in [0.2, 0.25) is 5.95 Å². The number of carbonyl (C=O) groups excluding carboxylic acids is 1. The predicted molar refractivity (Wildman–Crippen MR) is 93.7 cm³/mol. The van der Waals surface area contributed by atoms with Gasteiger partial charge in [-0.15, -0.1) is 0 Å². The van der Waals surface area contributed by atoms with Gasteiger partial charge in [-0.25, -0.2) is 9.97 Å². The average Bonchev–Trinajstić information content (AvgIpc) is 2.68. The van der Waals surface area contributed by atoms with Crippen molar-refractivity contribution < 1.29 is 9.53 Å². The van der Waals surface area contributed by atoms with Crippen LogP contribution in [0, 0.1) is 11.3 Å². The van der Waals surface area contributed by atoms with Crippen LogP contribution in [0.25, 0.3) is 6.08 Å². The highest BCUT2D eigenvalue weighted by atomic mass is 16.5. The van der Waals surface area contributed by atoms with Crippen LogP contribution in [0.4, 0.5) is 11.6 Å². The molecule has 0 unspecified atom stereocenters. The number of aromatic nitrogens is 2. The minimum atomic E-state index is -0.467. The van der Waals surface area contributed by atoms with Crippen molar-refractivity contribution >= 4 is 23.6 Å². The van der Waals surface area contributed by atoms with E-state index in [1.807, 2.05) is 29.2 Å². The maximum atomic E-state index is 12.2. The third kappa shape index (κ3) is 4.40. The topological polar surface area (TPSA) is 91.1 Å². The number of ether oxygens (including phenoxy) is 1. The van der Waals surface area contributed by atoms with Crippen LogP contribution in [-0.4, -0.2) is 42.2 Å². The predicted octanol–water partition coefficient (Wildman–Crippen LogP) is 1.86. The number of morpholine rings is 1. The minimum Gasteiger partial charge on any atom is -0.378 e. The van der Waals surface area contributed by atoms with Gasteiger partial charge in [0.25, 0.3) is 5.91 Å². The van der Waals surface area contributed by atoms with Gasteiger partial charge in [-0.05, 0) is 18.2 Å². The van der Waals surface area contributed by atoms with Crippen LogP contribution in [0.5, 0.6) is 0 Å². The summed E-state index contributed by atoms with van der Waals surface area (Å²) < 4.78 is 5.30. The number of nitrogens with one attached hydrogen (secondary N) is 1. The second-order valence-electron chi connectivity index (χ2n) is 5.41. The fraction of sp³-hybridized carbons (Fsp3) is 0.222. The van der Waals surface area contributed by atoms with Crippen LogP contribution in [0.3, 0.4) is 0 Å². The first-order valence-electron chi connectivity index (χ1n) is 7.89. The van der Waals surface area contributed by atoms with Crippen molar-refractivity contribution in [3.8, 4) is 6.07 Å². The number of carbonyl (C=O) groups is 1. The van der Waals surface area contributed by atoms with Crippen molar-refractivity contribution in [2.75, 3.05) is 36.5 Å². The Labute approximate surface area is 145 Å². The van der Waals surface area contributed by atoms with E-state index in [1.54, 1.807) is 24.5 Å². The summed E-state index contributed by atoms with van der Waals surface area (Å²) in [5, 5.41) is 11.9. The van der Waals surface area contributed by atoms with E-state index in [-0.39, 0.29) is 5.57 Å². The highest BCUT2D eigenvalue weighted by Gasteiger charge is 2.14. The molecular weight excluding hydrogens is 318 g/mol. The van der Waals surface area contributed by atoms with Crippen molar-refractivity contribution in [1.82, 2.24) is 9.97 Å². The number of amides is 1. The summed E-state index contributed by atoms with van der Waals surface area (Å²) in [6.45, 7) is 2.81. The molecule has 1 aromatic carbocycles. The van der Waals surface area contributed by atoms with Crippen LogP contribution in [-0.2, 0) is 9.53 Å². The molecule has 7 heteroatoms. The molecule has 1 fully saturated rings. The summed E-state index contributed by atoms with van der Waals surface area (Å²) in [6, 6.07) is 10.9. The number of anilines is 2. The van der Waals surface area contributed by atoms with Crippen molar-refractivity contribution in [2.45, 2.75) is 0 Å². The van der Waals surface area contributed by atoms with Gasteiger partial charge in [-0.1, -0.05) is 18.2 Å². The summed E-state index contributed by atoms with van der Waals surface area (Å²) >= 11 is 0. The van der Waals surface area contributed by atoms with E-state index in [9.17, 15) is 10.1 Å². The summed E-state index contributed by atoms with van der Waals surface area (Å²) in [6.07, 6.45) is 4.68. The Hall–Kier alpha value is -3.24. The zero-order valence-electron chi connectivity index (χ0n) is 13.6.